The van der Waals surface area contributed by atoms with Crippen molar-refractivity contribution in [1.82, 2.24) is 10.2 Å². The molecule has 2 aliphatic heterocycles. The van der Waals surface area contributed by atoms with E-state index in [1.165, 1.54) is 65.2 Å². The average molecular weight is 569 g/mol. The summed E-state index contributed by atoms with van der Waals surface area (Å²) in [6.07, 6.45) is 1.50. The largest absolute Gasteiger partial charge is 0.456 e. The summed E-state index contributed by atoms with van der Waals surface area (Å²) >= 11 is 1.32. The predicted octanol–water partition coefficient (Wildman–Crippen LogP) is 3.98. The van der Waals surface area contributed by atoms with Gasteiger partial charge in [0.05, 0.1) is 15.9 Å². The second-order valence-corrected chi connectivity index (χ2v) is 9.88. The Morgan fingerprint density at radius 3 is 2.08 bits per heavy atom. The number of fused-ring (bicyclic) bond motifs is 1. The smallest absolute Gasteiger partial charge is 0.407 e. The Balaban J connectivity index is 1.30. The molecule has 14 heteroatoms. The normalized spacial score (nSPS) is 16.8. The zero-order valence-corrected chi connectivity index (χ0v) is 22.0. The summed E-state index contributed by atoms with van der Waals surface area (Å²) in [5, 5.41) is 24.2. The first-order chi connectivity index (χ1) is 19.2. The molecule has 13 nitrogen and oxygen atoms in total. The summed E-state index contributed by atoms with van der Waals surface area (Å²) in [6.45, 7) is 1.79. The van der Waals surface area contributed by atoms with Crippen molar-refractivity contribution in [3.05, 3.63) is 102 Å². The number of nitro benzene ring substituents is 2. The van der Waals surface area contributed by atoms with E-state index in [-0.39, 0.29) is 48.8 Å². The molecular weight excluding hydrogens is 544 g/mol. The number of esters is 1. The molecule has 2 aromatic carbocycles. The van der Waals surface area contributed by atoms with Crippen molar-refractivity contribution in [3.63, 3.8) is 0 Å². The molecule has 2 heterocycles. The molecule has 1 saturated heterocycles. The molecule has 1 unspecified atom stereocenters. The number of ether oxygens (including phenoxy) is 2. The van der Waals surface area contributed by atoms with Crippen molar-refractivity contribution in [2.45, 2.75) is 32.6 Å². The summed E-state index contributed by atoms with van der Waals surface area (Å²) in [6, 6.07) is 11.0. The Morgan fingerprint density at radius 2 is 1.55 bits per heavy atom. The van der Waals surface area contributed by atoms with Gasteiger partial charge in [0.15, 0.2) is 0 Å². The summed E-state index contributed by atoms with van der Waals surface area (Å²) in [5.74, 6) is -0.554. The standard InChI is InChI=1S/C26H24N4O9S/c1-2-20-21-13-22(40-12-11-27-26(33)39-15-17-5-9-19(10-6-17)30(36)37)23(28(21)24(20)31)25(32)38-14-16-3-7-18(8-4-16)29(34)35/h2-10,21H,11-15H2,1H3,(H,27,33). The fourth-order valence-electron chi connectivity index (χ4n) is 4.19. The number of nitrogens with one attached hydrogen (secondary N) is 1. The number of nitrogens with zero attached hydrogens (tertiary/aromatic N) is 3. The topological polar surface area (TPSA) is 171 Å². The Morgan fingerprint density at radius 1 is 1.00 bits per heavy atom. The fraction of sp³-hybridized carbons (Fsp3) is 0.269. The van der Waals surface area contributed by atoms with Gasteiger partial charge in [-0.1, -0.05) is 6.08 Å². The third kappa shape index (κ3) is 6.29. The third-order valence-electron chi connectivity index (χ3n) is 6.21. The number of hydrogen-bond acceptors (Lipinski definition) is 10. The molecule has 2 amide bonds. The molecule has 0 spiro atoms. The maximum atomic E-state index is 13.0. The van der Waals surface area contributed by atoms with Crippen molar-refractivity contribution < 1.29 is 33.7 Å². The number of thioether (sulfide) groups is 1. The number of β-lactam (4-membered cyclic amide) rings is 1. The number of non-ortho nitro benzene ring substituents is 2. The minimum Gasteiger partial charge on any atom is -0.456 e. The first-order valence-corrected chi connectivity index (χ1v) is 13.1. The van der Waals surface area contributed by atoms with Crippen molar-refractivity contribution >= 4 is 41.1 Å². The van der Waals surface area contributed by atoms with Crippen molar-refractivity contribution in [2.24, 2.45) is 0 Å². The van der Waals surface area contributed by atoms with Crippen LogP contribution in [0, 0.1) is 20.2 Å². The highest BCUT2D eigenvalue weighted by atomic mass is 32.2. The van der Waals surface area contributed by atoms with Gasteiger partial charge in [0, 0.05) is 53.5 Å². The van der Waals surface area contributed by atoms with Gasteiger partial charge in [-0.3, -0.25) is 29.9 Å². The van der Waals surface area contributed by atoms with E-state index in [1.807, 2.05) is 0 Å². The number of nitro groups is 2. The number of benzene rings is 2. The van der Waals surface area contributed by atoms with E-state index in [4.69, 9.17) is 9.47 Å². The van der Waals surface area contributed by atoms with Crippen molar-refractivity contribution in [3.8, 4) is 0 Å². The number of amides is 2. The molecule has 1 atom stereocenters. The van der Waals surface area contributed by atoms with E-state index >= 15 is 0 Å². The van der Waals surface area contributed by atoms with E-state index in [0.29, 0.717) is 33.8 Å². The highest BCUT2D eigenvalue weighted by Crippen LogP contribution is 2.46. The number of carbonyl (C=O) groups excluding carboxylic acids is 3. The molecule has 208 valence electrons. The third-order valence-corrected chi connectivity index (χ3v) is 7.32. The maximum absolute atomic E-state index is 13.0. The lowest BCUT2D eigenvalue weighted by Crippen LogP contribution is -2.52. The summed E-state index contributed by atoms with van der Waals surface area (Å²) in [4.78, 5) is 60.3. The molecule has 0 saturated carbocycles. The molecule has 0 bridgehead atoms. The zero-order chi connectivity index (χ0) is 28.8. The van der Waals surface area contributed by atoms with Gasteiger partial charge in [-0.15, -0.1) is 11.8 Å². The molecule has 4 rings (SSSR count). The van der Waals surface area contributed by atoms with Crippen LogP contribution in [0.15, 0.2) is 70.8 Å². The van der Waals surface area contributed by atoms with Crippen LogP contribution in [0.1, 0.15) is 24.5 Å². The van der Waals surface area contributed by atoms with Crippen LogP contribution in [0.2, 0.25) is 0 Å². The maximum Gasteiger partial charge on any atom is 0.407 e. The van der Waals surface area contributed by atoms with Gasteiger partial charge in [0.2, 0.25) is 0 Å². The monoisotopic (exact) mass is 568 g/mol. The lowest BCUT2D eigenvalue weighted by molar-refractivity contribution is -0.385. The van der Waals surface area contributed by atoms with Crippen LogP contribution in [-0.4, -0.2) is 51.1 Å². The number of rotatable bonds is 11. The first-order valence-electron chi connectivity index (χ1n) is 12.1. The highest BCUT2D eigenvalue weighted by molar-refractivity contribution is 8.03. The molecular formula is C26H24N4O9S. The SMILES string of the molecule is CC=C1C(=O)N2C(C(=O)OCc3ccc([N+](=O)[O-])cc3)=C(SCCNC(=O)OCc3ccc([N+](=O)[O-])cc3)CC12. The lowest BCUT2D eigenvalue weighted by atomic mass is 9.94. The van der Waals surface area contributed by atoms with Crippen LogP contribution in [-0.2, 0) is 32.3 Å². The van der Waals surface area contributed by atoms with Crippen LogP contribution in [0.25, 0.3) is 0 Å². The Bertz CT molecular complexity index is 1400. The molecule has 1 N–H and O–H groups in total. The Labute approximate surface area is 232 Å². The molecule has 2 aliphatic rings. The zero-order valence-electron chi connectivity index (χ0n) is 21.2. The lowest BCUT2D eigenvalue weighted by Gasteiger charge is -2.38. The van der Waals surface area contributed by atoms with Crippen molar-refractivity contribution in [1.29, 1.82) is 0 Å². The molecule has 0 aliphatic carbocycles. The quantitative estimate of drug-likeness (QED) is 0.104. The Kier molecular flexibility index (Phi) is 8.79. The van der Waals surface area contributed by atoms with E-state index in [2.05, 4.69) is 5.32 Å². The van der Waals surface area contributed by atoms with Gasteiger partial charge in [-0.25, -0.2) is 9.59 Å². The van der Waals surface area contributed by atoms with E-state index in [9.17, 15) is 34.6 Å². The number of hydrogen-bond donors (Lipinski definition) is 1. The second-order valence-electron chi connectivity index (χ2n) is 8.69. The van der Waals surface area contributed by atoms with E-state index in [0.717, 1.165) is 0 Å². The minimum absolute atomic E-state index is 0.0578. The molecule has 0 aromatic heterocycles. The van der Waals surface area contributed by atoms with Crippen LogP contribution in [0.5, 0.6) is 0 Å². The van der Waals surface area contributed by atoms with Gasteiger partial charge in [-0.2, -0.15) is 0 Å². The predicted molar refractivity (Wildman–Crippen MR) is 143 cm³/mol. The van der Waals surface area contributed by atoms with Gasteiger partial charge in [-0.05, 0) is 42.3 Å². The minimum atomic E-state index is -0.678. The number of allylic oxidation sites excluding steroid dienone is 1. The van der Waals surface area contributed by atoms with Crippen LogP contribution >= 0.6 is 11.8 Å². The Hall–Kier alpha value is -4.72. The molecule has 1 fully saturated rings. The summed E-state index contributed by atoms with van der Waals surface area (Å²) < 4.78 is 10.6. The summed E-state index contributed by atoms with van der Waals surface area (Å²) in [5.41, 5.74) is 1.79. The molecule has 0 radical (unpaired) electrons. The van der Waals surface area contributed by atoms with E-state index in [1.54, 1.807) is 13.0 Å². The van der Waals surface area contributed by atoms with E-state index < -0.39 is 21.9 Å². The fourth-order valence-corrected chi connectivity index (χ4v) is 5.23. The first kappa shape index (κ1) is 28.3. The van der Waals surface area contributed by atoms with Crippen LogP contribution < -0.4 is 5.32 Å². The average Bonchev–Trinajstić information content (AvgIpc) is 3.28. The van der Waals surface area contributed by atoms with Gasteiger partial charge < -0.3 is 14.8 Å². The van der Waals surface area contributed by atoms with Gasteiger partial charge >= 0.3 is 12.1 Å². The van der Waals surface area contributed by atoms with Crippen molar-refractivity contribution in [2.75, 3.05) is 12.3 Å². The number of alkyl carbamates (subject to hydrolysis) is 1. The van der Waals surface area contributed by atoms with Crippen LogP contribution in [0.4, 0.5) is 16.2 Å². The van der Waals surface area contributed by atoms with Gasteiger partial charge in [0.1, 0.15) is 18.9 Å². The highest BCUT2D eigenvalue weighted by Gasteiger charge is 2.51. The molecule has 40 heavy (non-hydrogen) atoms. The van der Waals surface area contributed by atoms with Crippen LogP contribution in [0.3, 0.4) is 0 Å². The number of carbonyl (C=O) groups is 3. The molecule has 2 aromatic rings. The van der Waals surface area contributed by atoms with Gasteiger partial charge in [0.25, 0.3) is 17.3 Å². The second kappa shape index (κ2) is 12.4. The summed E-state index contributed by atoms with van der Waals surface area (Å²) in [7, 11) is 0.